The highest BCUT2D eigenvalue weighted by molar-refractivity contribution is 7.58. The number of methoxy groups -OCH3 is 1. The van der Waals surface area contributed by atoms with Crippen molar-refractivity contribution in [3.05, 3.63) is 24.3 Å². The highest BCUT2D eigenvalue weighted by Crippen LogP contribution is 2.09. The Hall–Kier alpha value is -0.630. The predicted octanol–water partition coefficient (Wildman–Crippen LogP) is 1.07. The number of benzene rings is 1. The second-order valence-corrected chi connectivity index (χ2v) is 2.31. The number of hydrogen-bond acceptors (Lipinski definition) is 1. The third kappa shape index (κ3) is 1.64. The summed E-state index contributed by atoms with van der Waals surface area (Å²) in [5, 5.41) is 0. The summed E-state index contributed by atoms with van der Waals surface area (Å²) in [6.07, 6.45) is 0. The van der Waals surface area contributed by atoms with Crippen molar-refractivity contribution < 1.29 is 4.74 Å². The third-order valence-corrected chi connectivity index (χ3v) is 1.42. The fourth-order valence-corrected chi connectivity index (χ4v) is 0.758. The minimum Gasteiger partial charge on any atom is -0.497 e. The van der Waals surface area contributed by atoms with E-state index in [1.807, 2.05) is 24.3 Å². The van der Waals surface area contributed by atoms with Crippen molar-refractivity contribution >= 4 is 12.6 Å². The lowest BCUT2D eigenvalue weighted by molar-refractivity contribution is 0.414. The van der Waals surface area contributed by atoms with Crippen molar-refractivity contribution in [1.29, 1.82) is 0 Å². The SMILES string of the molecule is COc1ccc([SH2+])cc1. The molecule has 0 N–H and O–H groups in total. The molecule has 0 radical (unpaired) electrons. The van der Waals surface area contributed by atoms with Crippen LogP contribution in [-0.2, 0) is 12.6 Å². The molecule has 0 aromatic heterocycles. The van der Waals surface area contributed by atoms with Crippen LogP contribution in [0.4, 0.5) is 0 Å². The normalized spacial score (nSPS) is 9.11. The zero-order valence-corrected chi connectivity index (χ0v) is 6.22. The van der Waals surface area contributed by atoms with Crippen LogP contribution in [0.15, 0.2) is 29.2 Å². The van der Waals surface area contributed by atoms with Crippen molar-refractivity contribution in [2.24, 2.45) is 0 Å². The van der Waals surface area contributed by atoms with Gasteiger partial charge < -0.3 is 4.74 Å². The molecule has 0 amide bonds. The molecule has 0 aliphatic rings. The lowest BCUT2D eigenvalue weighted by Gasteiger charge is -1.94. The molecule has 0 heterocycles. The summed E-state index contributed by atoms with van der Waals surface area (Å²) in [4.78, 5) is 1.07. The van der Waals surface area contributed by atoms with Crippen LogP contribution in [0.1, 0.15) is 0 Å². The molecular formula is C7H9OS+. The Kier molecular flexibility index (Phi) is 2.01. The maximum atomic E-state index is 4.95. The Morgan fingerprint density at radius 2 is 1.78 bits per heavy atom. The average molecular weight is 141 g/mol. The van der Waals surface area contributed by atoms with Crippen molar-refractivity contribution in [2.45, 2.75) is 4.90 Å². The molecule has 0 saturated carbocycles. The van der Waals surface area contributed by atoms with E-state index in [2.05, 4.69) is 12.6 Å². The fourth-order valence-electron chi connectivity index (χ4n) is 0.591. The monoisotopic (exact) mass is 141 g/mol. The van der Waals surface area contributed by atoms with E-state index in [9.17, 15) is 0 Å². The quantitative estimate of drug-likeness (QED) is 0.531. The van der Waals surface area contributed by atoms with Gasteiger partial charge in [0.15, 0.2) is 4.90 Å². The molecule has 0 aliphatic heterocycles. The first-order chi connectivity index (χ1) is 4.33. The molecule has 9 heavy (non-hydrogen) atoms. The Bertz CT molecular complexity index is 181. The summed E-state index contributed by atoms with van der Waals surface area (Å²) in [5.74, 6) is 0.886. The second-order valence-electron chi connectivity index (χ2n) is 1.73. The van der Waals surface area contributed by atoms with E-state index in [1.54, 1.807) is 7.11 Å². The second kappa shape index (κ2) is 2.78. The summed E-state index contributed by atoms with van der Waals surface area (Å²) in [7, 11) is 1.66. The van der Waals surface area contributed by atoms with Crippen LogP contribution in [0.3, 0.4) is 0 Å². The van der Waals surface area contributed by atoms with Gasteiger partial charge in [-0.3, -0.25) is 0 Å². The number of hydrogen-bond donors (Lipinski definition) is 0. The molecule has 1 nitrogen and oxygen atoms in total. The van der Waals surface area contributed by atoms with Crippen LogP contribution >= 0.6 is 0 Å². The summed E-state index contributed by atoms with van der Waals surface area (Å²) < 4.78 is 4.95. The van der Waals surface area contributed by atoms with Gasteiger partial charge >= 0.3 is 0 Å². The smallest absolute Gasteiger partial charge is 0.150 e. The van der Waals surface area contributed by atoms with E-state index >= 15 is 0 Å². The summed E-state index contributed by atoms with van der Waals surface area (Å²) >= 11 is 3.37. The Labute approximate surface area is 60.1 Å². The maximum Gasteiger partial charge on any atom is 0.150 e. The highest BCUT2D eigenvalue weighted by atomic mass is 32.1. The van der Waals surface area contributed by atoms with Gasteiger partial charge in [0.2, 0.25) is 0 Å². The zero-order valence-electron chi connectivity index (χ0n) is 5.22. The van der Waals surface area contributed by atoms with Gasteiger partial charge in [0, 0.05) is 0 Å². The lowest BCUT2D eigenvalue weighted by atomic mass is 10.3. The van der Waals surface area contributed by atoms with Gasteiger partial charge in [0.05, 0.1) is 7.11 Å². The van der Waals surface area contributed by atoms with Gasteiger partial charge in [0.25, 0.3) is 0 Å². The average Bonchev–Trinajstić information content (AvgIpc) is 1.90. The van der Waals surface area contributed by atoms with Crippen molar-refractivity contribution in [2.75, 3.05) is 7.11 Å². The third-order valence-electron chi connectivity index (χ3n) is 1.09. The van der Waals surface area contributed by atoms with Gasteiger partial charge in [-0.2, -0.15) is 0 Å². The lowest BCUT2D eigenvalue weighted by Crippen LogP contribution is -1.80. The van der Waals surface area contributed by atoms with Gasteiger partial charge in [-0.15, -0.1) is 0 Å². The Morgan fingerprint density at radius 1 is 1.22 bits per heavy atom. The Morgan fingerprint density at radius 3 is 2.22 bits per heavy atom. The highest BCUT2D eigenvalue weighted by Gasteiger charge is 1.90. The molecule has 0 spiro atoms. The molecule has 1 aromatic rings. The molecule has 0 bridgehead atoms. The minimum absolute atomic E-state index is 0.886. The molecule has 0 atom stereocenters. The minimum atomic E-state index is 0.886. The van der Waals surface area contributed by atoms with Crippen LogP contribution in [-0.4, -0.2) is 7.11 Å². The fraction of sp³-hybridized carbons (Fsp3) is 0.143. The van der Waals surface area contributed by atoms with E-state index in [0.717, 1.165) is 10.6 Å². The zero-order chi connectivity index (χ0) is 6.69. The van der Waals surface area contributed by atoms with Gasteiger partial charge in [-0.25, -0.2) is 0 Å². The molecule has 0 unspecified atom stereocenters. The molecule has 2 heteroatoms. The summed E-state index contributed by atoms with van der Waals surface area (Å²) in [6, 6.07) is 7.69. The summed E-state index contributed by atoms with van der Waals surface area (Å²) in [6.45, 7) is 0. The molecule has 0 saturated heterocycles. The maximum absolute atomic E-state index is 4.95. The largest absolute Gasteiger partial charge is 0.497 e. The number of rotatable bonds is 1. The van der Waals surface area contributed by atoms with Crippen LogP contribution in [0.25, 0.3) is 0 Å². The topological polar surface area (TPSA) is 9.23 Å². The number of ether oxygens (including phenoxy) is 1. The first-order valence-corrected chi connectivity index (χ1v) is 3.18. The van der Waals surface area contributed by atoms with Gasteiger partial charge in [0.1, 0.15) is 5.75 Å². The van der Waals surface area contributed by atoms with E-state index in [1.165, 1.54) is 0 Å². The van der Waals surface area contributed by atoms with E-state index in [4.69, 9.17) is 4.74 Å². The first kappa shape index (κ1) is 6.49. The molecule has 48 valence electrons. The Balaban J connectivity index is 2.88. The predicted molar refractivity (Wildman–Crippen MR) is 41.4 cm³/mol. The van der Waals surface area contributed by atoms with E-state index in [-0.39, 0.29) is 0 Å². The standard InChI is InChI=1S/C7H8OS/c1-8-6-2-4-7(9)5-3-6/h2-5,9H,1H3/p+1. The molecular weight excluding hydrogens is 132 g/mol. The van der Waals surface area contributed by atoms with Crippen molar-refractivity contribution in [3.63, 3.8) is 0 Å². The van der Waals surface area contributed by atoms with Crippen LogP contribution in [0, 0.1) is 0 Å². The van der Waals surface area contributed by atoms with Crippen LogP contribution in [0.2, 0.25) is 0 Å². The van der Waals surface area contributed by atoms with Crippen LogP contribution < -0.4 is 4.74 Å². The van der Waals surface area contributed by atoms with Gasteiger partial charge in [-0.1, -0.05) is 0 Å². The van der Waals surface area contributed by atoms with E-state index in [0.29, 0.717) is 0 Å². The van der Waals surface area contributed by atoms with E-state index < -0.39 is 0 Å². The molecule has 1 rings (SSSR count). The van der Waals surface area contributed by atoms with Crippen molar-refractivity contribution in [3.8, 4) is 5.75 Å². The molecule has 0 aliphatic carbocycles. The van der Waals surface area contributed by atoms with Crippen LogP contribution in [0.5, 0.6) is 5.75 Å². The summed E-state index contributed by atoms with van der Waals surface area (Å²) in [5.41, 5.74) is 0. The van der Waals surface area contributed by atoms with Crippen molar-refractivity contribution in [1.82, 2.24) is 0 Å². The molecule has 1 aromatic carbocycles. The molecule has 0 fully saturated rings. The van der Waals surface area contributed by atoms with Gasteiger partial charge in [-0.05, 0) is 36.9 Å². The first-order valence-electron chi connectivity index (χ1n) is 2.68.